The summed E-state index contributed by atoms with van der Waals surface area (Å²) in [5, 5.41) is 11.2. The molecule has 3 aromatic rings. The number of rotatable bonds is 7. The van der Waals surface area contributed by atoms with E-state index in [9.17, 15) is 18.4 Å². The van der Waals surface area contributed by atoms with E-state index in [0.29, 0.717) is 50.5 Å². The number of aromatic amines is 1. The standard InChI is InChI=1S/C25H26F2N6O2/c1-12(23(30)34)21-22(20-16(11-28)17(29)7-8-19(20)32-21)31-13(2)15-5-3-4-6-18(15)33-24(35)14-9-25(26,27)10-14/h3-8,11-12,14,28,32H,9-10,29H2,1-2H3,(H2,30,34)(H,33,35). The number of aliphatic imine (C=N–C) groups is 1. The van der Waals surface area contributed by atoms with Crippen LogP contribution in [0.3, 0.4) is 0 Å². The molecule has 1 fully saturated rings. The summed E-state index contributed by atoms with van der Waals surface area (Å²) in [4.78, 5) is 32.5. The molecule has 7 N–H and O–H groups in total. The van der Waals surface area contributed by atoms with Gasteiger partial charge in [-0.25, -0.2) is 8.78 Å². The maximum atomic E-state index is 13.2. The maximum absolute atomic E-state index is 13.2. The number of benzene rings is 2. The van der Waals surface area contributed by atoms with Crippen molar-refractivity contribution < 1.29 is 18.4 Å². The van der Waals surface area contributed by atoms with Gasteiger partial charge in [0.05, 0.1) is 17.3 Å². The molecule has 0 saturated heterocycles. The molecule has 0 radical (unpaired) electrons. The number of carbonyl (C=O) groups is 2. The Morgan fingerprint density at radius 2 is 1.94 bits per heavy atom. The van der Waals surface area contributed by atoms with Crippen LogP contribution in [0, 0.1) is 11.3 Å². The van der Waals surface area contributed by atoms with E-state index < -0.39 is 42.4 Å². The van der Waals surface area contributed by atoms with Crippen LogP contribution in [-0.2, 0) is 9.59 Å². The first-order valence-corrected chi connectivity index (χ1v) is 11.1. The monoisotopic (exact) mass is 480 g/mol. The van der Waals surface area contributed by atoms with E-state index in [0.717, 1.165) is 6.21 Å². The molecular formula is C25H26F2N6O2. The summed E-state index contributed by atoms with van der Waals surface area (Å²) in [6.45, 7) is 3.38. The molecule has 0 aliphatic heterocycles. The maximum Gasteiger partial charge on any atom is 0.249 e. The summed E-state index contributed by atoms with van der Waals surface area (Å²) in [5.41, 5.74) is 15.5. The summed E-state index contributed by atoms with van der Waals surface area (Å²) < 4.78 is 26.4. The molecule has 182 valence electrons. The van der Waals surface area contributed by atoms with E-state index in [-0.39, 0.29) is 0 Å². The van der Waals surface area contributed by atoms with Gasteiger partial charge in [-0.3, -0.25) is 14.6 Å². The van der Waals surface area contributed by atoms with Gasteiger partial charge in [-0.1, -0.05) is 18.2 Å². The van der Waals surface area contributed by atoms with Crippen molar-refractivity contribution in [1.82, 2.24) is 4.98 Å². The first kappa shape index (κ1) is 24.1. The zero-order valence-electron chi connectivity index (χ0n) is 19.3. The normalized spacial score (nSPS) is 16.5. The van der Waals surface area contributed by atoms with Crippen LogP contribution < -0.4 is 16.8 Å². The van der Waals surface area contributed by atoms with Crippen molar-refractivity contribution in [3.8, 4) is 0 Å². The highest BCUT2D eigenvalue weighted by Crippen LogP contribution is 2.43. The van der Waals surface area contributed by atoms with Crippen molar-refractivity contribution in [2.75, 3.05) is 11.1 Å². The number of hydrogen-bond acceptors (Lipinski definition) is 5. The number of aromatic nitrogens is 1. The van der Waals surface area contributed by atoms with E-state index in [1.807, 2.05) is 0 Å². The Morgan fingerprint density at radius 1 is 1.26 bits per heavy atom. The number of anilines is 2. The Morgan fingerprint density at radius 3 is 2.57 bits per heavy atom. The molecule has 35 heavy (non-hydrogen) atoms. The molecule has 8 nitrogen and oxygen atoms in total. The number of nitrogens with two attached hydrogens (primary N) is 2. The van der Waals surface area contributed by atoms with Crippen LogP contribution in [0.2, 0.25) is 0 Å². The molecule has 1 saturated carbocycles. The Kier molecular flexibility index (Phi) is 6.14. The number of hydrogen-bond donors (Lipinski definition) is 5. The van der Waals surface area contributed by atoms with Crippen LogP contribution >= 0.6 is 0 Å². The Labute approximate surface area is 200 Å². The van der Waals surface area contributed by atoms with E-state index in [4.69, 9.17) is 21.9 Å². The number of halogens is 2. The van der Waals surface area contributed by atoms with E-state index in [1.165, 1.54) is 0 Å². The number of primary amides is 1. The highest BCUT2D eigenvalue weighted by Gasteiger charge is 2.48. The fourth-order valence-corrected chi connectivity index (χ4v) is 4.28. The van der Waals surface area contributed by atoms with Crippen molar-refractivity contribution in [2.45, 2.75) is 38.5 Å². The Bertz CT molecular complexity index is 1370. The number of nitrogens with one attached hydrogen (secondary N) is 3. The molecule has 0 bridgehead atoms. The van der Waals surface area contributed by atoms with Crippen molar-refractivity contribution in [3.05, 3.63) is 53.2 Å². The third-order valence-corrected chi connectivity index (χ3v) is 6.36. The molecule has 1 heterocycles. The molecule has 1 unspecified atom stereocenters. The van der Waals surface area contributed by atoms with Gasteiger partial charge >= 0.3 is 0 Å². The van der Waals surface area contributed by atoms with Crippen molar-refractivity contribution in [1.29, 1.82) is 5.41 Å². The lowest BCUT2D eigenvalue weighted by molar-refractivity contribution is -0.145. The van der Waals surface area contributed by atoms with Gasteiger partial charge in [0.1, 0.15) is 0 Å². The summed E-state index contributed by atoms with van der Waals surface area (Å²) in [6.07, 6.45) is 0.193. The van der Waals surface area contributed by atoms with Gasteiger partial charge in [0.15, 0.2) is 0 Å². The predicted octanol–water partition coefficient (Wildman–Crippen LogP) is 4.46. The lowest BCUT2D eigenvalue weighted by Crippen LogP contribution is -2.42. The molecule has 2 aromatic carbocycles. The van der Waals surface area contributed by atoms with Crippen LogP contribution in [-0.4, -0.2) is 34.6 Å². The Hall–Kier alpha value is -4.08. The number of nitrogen functional groups attached to an aromatic ring is 1. The van der Waals surface area contributed by atoms with Gasteiger partial charge in [-0.05, 0) is 32.0 Å². The lowest BCUT2D eigenvalue weighted by atomic mass is 9.80. The lowest BCUT2D eigenvalue weighted by Gasteiger charge is -2.33. The average Bonchev–Trinajstić information content (AvgIpc) is 3.15. The third kappa shape index (κ3) is 4.51. The summed E-state index contributed by atoms with van der Waals surface area (Å²) in [6, 6.07) is 10.3. The van der Waals surface area contributed by atoms with Crippen molar-refractivity contribution >= 4 is 51.7 Å². The number of fused-ring (bicyclic) bond motifs is 1. The predicted molar refractivity (Wildman–Crippen MR) is 133 cm³/mol. The minimum Gasteiger partial charge on any atom is -0.398 e. The number of para-hydroxylation sites is 1. The number of alkyl halides is 2. The van der Waals surface area contributed by atoms with Gasteiger partial charge in [0.2, 0.25) is 17.7 Å². The largest absolute Gasteiger partial charge is 0.398 e. The summed E-state index contributed by atoms with van der Waals surface area (Å²) in [5.74, 6) is -5.27. The van der Waals surface area contributed by atoms with Crippen LogP contribution in [0.5, 0.6) is 0 Å². The SMILES string of the molecule is CC(=Nc1c(C(C)C(N)=O)[nH]c2ccc(N)c(C=N)c12)c1ccccc1NC(=O)C1CC(F)(F)C1. The minimum absolute atomic E-state index is 0.379. The van der Waals surface area contributed by atoms with Crippen LogP contribution in [0.15, 0.2) is 41.4 Å². The average molecular weight is 481 g/mol. The summed E-state index contributed by atoms with van der Waals surface area (Å²) in [7, 11) is 0. The minimum atomic E-state index is -2.80. The molecule has 1 aliphatic carbocycles. The zero-order chi connectivity index (χ0) is 25.5. The number of H-pyrrole nitrogens is 1. The second-order valence-corrected chi connectivity index (χ2v) is 8.84. The first-order valence-electron chi connectivity index (χ1n) is 11.1. The van der Waals surface area contributed by atoms with Crippen molar-refractivity contribution in [2.24, 2.45) is 16.6 Å². The molecule has 1 aliphatic rings. The number of nitrogens with zero attached hydrogens (tertiary/aromatic N) is 1. The molecule has 1 atom stereocenters. The first-order chi connectivity index (χ1) is 16.5. The molecule has 0 spiro atoms. The van der Waals surface area contributed by atoms with Gasteiger partial charge < -0.3 is 27.2 Å². The van der Waals surface area contributed by atoms with Gasteiger partial charge in [-0.2, -0.15) is 0 Å². The molecular weight excluding hydrogens is 454 g/mol. The summed E-state index contributed by atoms with van der Waals surface area (Å²) >= 11 is 0. The van der Waals surface area contributed by atoms with Crippen LogP contribution in [0.1, 0.15) is 49.4 Å². The second-order valence-electron chi connectivity index (χ2n) is 8.84. The van der Waals surface area contributed by atoms with Gasteiger partial charge in [0.25, 0.3) is 0 Å². The molecule has 2 amide bonds. The smallest absolute Gasteiger partial charge is 0.249 e. The van der Waals surface area contributed by atoms with Crippen LogP contribution in [0.25, 0.3) is 10.9 Å². The van der Waals surface area contributed by atoms with Gasteiger partial charge in [0, 0.05) is 64.1 Å². The topological polar surface area (TPSA) is 150 Å². The molecule has 10 heteroatoms. The van der Waals surface area contributed by atoms with E-state index >= 15 is 0 Å². The molecule has 1 aromatic heterocycles. The quantitative estimate of drug-likeness (QED) is 0.251. The highest BCUT2D eigenvalue weighted by molar-refractivity contribution is 6.13. The highest BCUT2D eigenvalue weighted by atomic mass is 19.3. The number of amides is 2. The van der Waals surface area contributed by atoms with Crippen LogP contribution in [0.4, 0.5) is 25.8 Å². The zero-order valence-corrected chi connectivity index (χ0v) is 19.3. The molecule has 4 rings (SSSR count). The van der Waals surface area contributed by atoms with Crippen molar-refractivity contribution in [3.63, 3.8) is 0 Å². The van der Waals surface area contributed by atoms with Gasteiger partial charge in [-0.15, -0.1) is 0 Å². The van der Waals surface area contributed by atoms with E-state index in [1.54, 1.807) is 50.2 Å². The van der Waals surface area contributed by atoms with E-state index in [2.05, 4.69) is 10.3 Å². The fraction of sp³-hybridized carbons (Fsp3) is 0.280. The Balaban J connectivity index is 1.80. The number of carbonyl (C=O) groups excluding carboxylic acids is 2. The fourth-order valence-electron chi connectivity index (χ4n) is 4.28. The second kappa shape index (κ2) is 8.94. The third-order valence-electron chi connectivity index (χ3n) is 6.36.